The molecule has 0 saturated carbocycles. The molecule has 2 nitrogen and oxygen atoms in total. The van der Waals surface area contributed by atoms with E-state index in [2.05, 4.69) is 26.1 Å². The lowest BCUT2D eigenvalue weighted by Crippen LogP contribution is -2.31. The van der Waals surface area contributed by atoms with Crippen LogP contribution in [0.15, 0.2) is 24.3 Å². The van der Waals surface area contributed by atoms with E-state index in [1.165, 1.54) is 5.56 Å². The summed E-state index contributed by atoms with van der Waals surface area (Å²) in [5.41, 5.74) is 2.22. The van der Waals surface area contributed by atoms with Crippen molar-refractivity contribution in [3.05, 3.63) is 35.4 Å². The van der Waals surface area contributed by atoms with Crippen LogP contribution in [-0.2, 0) is 0 Å². The molecule has 0 fully saturated rings. The van der Waals surface area contributed by atoms with Crippen molar-refractivity contribution < 1.29 is 5.11 Å². The van der Waals surface area contributed by atoms with E-state index in [4.69, 9.17) is 0 Å². The van der Waals surface area contributed by atoms with E-state index >= 15 is 0 Å². The van der Waals surface area contributed by atoms with Crippen molar-refractivity contribution in [3.8, 4) is 0 Å². The first-order valence-corrected chi connectivity index (χ1v) is 6.15. The van der Waals surface area contributed by atoms with Gasteiger partial charge in [-0.25, -0.2) is 0 Å². The molecule has 1 aromatic rings. The van der Waals surface area contributed by atoms with Crippen LogP contribution in [0.3, 0.4) is 0 Å². The van der Waals surface area contributed by atoms with E-state index in [-0.39, 0.29) is 0 Å². The van der Waals surface area contributed by atoms with Crippen molar-refractivity contribution >= 4 is 0 Å². The van der Waals surface area contributed by atoms with Crippen molar-refractivity contribution in [2.45, 2.75) is 45.8 Å². The maximum atomic E-state index is 9.99. The number of aryl methyl sites for hydroxylation is 1. The number of benzene rings is 1. The number of aliphatic hydroxyl groups excluding tert-OH is 1. The van der Waals surface area contributed by atoms with Gasteiger partial charge >= 0.3 is 0 Å². The van der Waals surface area contributed by atoms with Crippen molar-refractivity contribution in [2.24, 2.45) is 0 Å². The van der Waals surface area contributed by atoms with Crippen molar-refractivity contribution in [1.82, 2.24) is 5.32 Å². The molecular weight excluding hydrogens is 198 g/mol. The summed E-state index contributed by atoms with van der Waals surface area (Å²) in [5, 5.41) is 13.4. The SMILES string of the molecule is CCC(CC)NCC(O)c1ccc(C)cc1. The molecule has 0 spiro atoms. The Balaban J connectivity index is 2.46. The maximum absolute atomic E-state index is 9.99. The third-order valence-corrected chi connectivity index (χ3v) is 3.05. The number of rotatable bonds is 6. The molecule has 1 aromatic carbocycles. The monoisotopic (exact) mass is 221 g/mol. The molecule has 1 rings (SSSR count). The van der Waals surface area contributed by atoms with Gasteiger partial charge in [-0.1, -0.05) is 43.7 Å². The fourth-order valence-corrected chi connectivity index (χ4v) is 1.76. The average Bonchev–Trinajstić information content (AvgIpc) is 2.31. The number of hydrogen-bond donors (Lipinski definition) is 2. The molecule has 2 heteroatoms. The van der Waals surface area contributed by atoms with E-state index in [0.717, 1.165) is 18.4 Å². The van der Waals surface area contributed by atoms with Gasteiger partial charge in [0, 0.05) is 12.6 Å². The van der Waals surface area contributed by atoms with Crippen molar-refractivity contribution in [2.75, 3.05) is 6.54 Å². The van der Waals surface area contributed by atoms with E-state index in [9.17, 15) is 5.11 Å². The summed E-state index contributed by atoms with van der Waals surface area (Å²) in [6.45, 7) is 7.02. The van der Waals surface area contributed by atoms with E-state index in [1.807, 2.05) is 24.3 Å². The minimum atomic E-state index is -0.402. The van der Waals surface area contributed by atoms with Gasteiger partial charge in [-0.05, 0) is 25.3 Å². The van der Waals surface area contributed by atoms with E-state index in [1.54, 1.807) is 0 Å². The van der Waals surface area contributed by atoms with Crippen LogP contribution in [0.2, 0.25) is 0 Å². The summed E-state index contributed by atoms with van der Waals surface area (Å²) in [5.74, 6) is 0. The summed E-state index contributed by atoms with van der Waals surface area (Å²) < 4.78 is 0. The Morgan fingerprint density at radius 1 is 1.12 bits per heavy atom. The van der Waals surface area contributed by atoms with Gasteiger partial charge in [0.05, 0.1) is 6.10 Å². The highest BCUT2D eigenvalue weighted by molar-refractivity contribution is 5.23. The lowest BCUT2D eigenvalue weighted by atomic mass is 10.1. The normalized spacial score (nSPS) is 13.1. The zero-order valence-electron chi connectivity index (χ0n) is 10.5. The molecule has 0 heterocycles. The molecule has 0 aliphatic heterocycles. The lowest BCUT2D eigenvalue weighted by molar-refractivity contribution is 0.169. The highest BCUT2D eigenvalue weighted by Gasteiger charge is 2.09. The Morgan fingerprint density at radius 2 is 1.69 bits per heavy atom. The lowest BCUT2D eigenvalue weighted by Gasteiger charge is -2.18. The second-order valence-corrected chi connectivity index (χ2v) is 4.35. The summed E-state index contributed by atoms with van der Waals surface area (Å²) in [7, 11) is 0. The summed E-state index contributed by atoms with van der Waals surface area (Å²) in [4.78, 5) is 0. The zero-order valence-corrected chi connectivity index (χ0v) is 10.5. The highest BCUT2D eigenvalue weighted by Crippen LogP contribution is 2.13. The van der Waals surface area contributed by atoms with Crippen LogP contribution in [0.1, 0.15) is 43.9 Å². The van der Waals surface area contributed by atoms with Crippen LogP contribution in [0.25, 0.3) is 0 Å². The molecule has 0 aliphatic carbocycles. The predicted molar refractivity (Wildman–Crippen MR) is 68.5 cm³/mol. The standard InChI is InChI=1S/C14H23NO/c1-4-13(5-2)15-10-14(16)12-8-6-11(3)7-9-12/h6-9,13-16H,4-5,10H2,1-3H3. The Kier molecular flexibility index (Phi) is 5.50. The third-order valence-electron chi connectivity index (χ3n) is 3.05. The number of hydrogen-bond acceptors (Lipinski definition) is 2. The van der Waals surface area contributed by atoms with Crippen LogP contribution in [0, 0.1) is 6.92 Å². The van der Waals surface area contributed by atoms with Crippen molar-refractivity contribution in [1.29, 1.82) is 0 Å². The molecule has 0 radical (unpaired) electrons. The predicted octanol–water partition coefficient (Wildman–Crippen LogP) is 2.81. The quantitative estimate of drug-likeness (QED) is 0.774. The summed E-state index contributed by atoms with van der Waals surface area (Å²) in [6, 6.07) is 8.58. The van der Waals surface area contributed by atoms with Gasteiger partial charge in [-0.15, -0.1) is 0 Å². The topological polar surface area (TPSA) is 32.3 Å². The van der Waals surface area contributed by atoms with Crippen LogP contribution in [0.4, 0.5) is 0 Å². The summed E-state index contributed by atoms with van der Waals surface area (Å²) in [6.07, 6.45) is 1.81. The summed E-state index contributed by atoms with van der Waals surface area (Å²) >= 11 is 0. The second kappa shape index (κ2) is 6.66. The molecule has 0 amide bonds. The first kappa shape index (κ1) is 13.2. The minimum absolute atomic E-state index is 0.402. The first-order valence-electron chi connectivity index (χ1n) is 6.15. The fourth-order valence-electron chi connectivity index (χ4n) is 1.76. The van der Waals surface area contributed by atoms with Gasteiger partial charge in [0.2, 0.25) is 0 Å². The van der Waals surface area contributed by atoms with Crippen LogP contribution < -0.4 is 5.32 Å². The molecule has 16 heavy (non-hydrogen) atoms. The molecule has 2 N–H and O–H groups in total. The maximum Gasteiger partial charge on any atom is 0.0914 e. The molecule has 0 aromatic heterocycles. The van der Waals surface area contributed by atoms with Gasteiger partial charge in [-0.3, -0.25) is 0 Å². The highest BCUT2D eigenvalue weighted by atomic mass is 16.3. The largest absolute Gasteiger partial charge is 0.387 e. The van der Waals surface area contributed by atoms with Gasteiger partial charge in [0.25, 0.3) is 0 Å². The second-order valence-electron chi connectivity index (χ2n) is 4.35. The smallest absolute Gasteiger partial charge is 0.0914 e. The molecule has 1 unspecified atom stereocenters. The fraction of sp³-hybridized carbons (Fsp3) is 0.571. The van der Waals surface area contributed by atoms with Gasteiger partial charge in [0.15, 0.2) is 0 Å². The molecule has 0 aliphatic rings. The molecule has 0 saturated heterocycles. The van der Waals surface area contributed by atoms with E-state index < -0.39 is 6.10 Å². The number of nitrogens with one attached hydrogen (secondary N) is 1. The molecular formula is C14H23NO. The first-order chi connectivity index (χ1) is 7.67. The molecule has 1 atom stereocenters. The minimum Gasteiger partial charge on any atom is -0.387 e. The molecule has 0 bridgehead atoms. The molecule has 90 valence electrons. The Bertz CT molecular complexity index is 290. The Labute approximate surface area is 98.7 Å². The van der Waals surface area contributed by atoms with Crippen LogP contribution in [-0.4, -0.2) is 17.7 Å². The van der Waals surface area contributed by atoms with Gasteiger partial charge in [0.1, 0.15) is 0 Å². The zero-order chi connectivity index (χ0) is 12.0. The van der Waals surface area contributed by atoms with Crippen LogP contribution in [0.5, 0.6) is 0 Å². The van der Waals surface area contributed by atoms with Gasteiger partial charge < -0.3 is 10.4 Å². The number of aliphatic hydroxyl groups is 1. The Morgan fingerprint density at radius 3 is 2.19 bits per heavy atom. The van der Waals surface area contributed by atoms with Crippen LogP contribution >= 0.6 is 0 Å². The van der Waals surface area contributed by atoms with E-state index in [0.29, 0.717) is 12.6 Å². The average molecular weight is 221 g/mol. The third kappa shape index (κ3) is 3.95. The Hall–Kier alpha value is -0.860. The van der Waals surface area contributed by atoms with Gasteiger partial charge in [-0.2, -0.15) is 0 Å². The van der Waals surface area contributed by atoms with Crippen molar-refractivity contribution in [3.63, 3.8) is 0 Å².